The first-order valence-electron chi connectivity index (χ1n) is 8.43. The fourth-order valence-corrected chi connectivity index (χ4v) is 3.16. The van der Waals surface area contributed by atoms with Gasteiger partial charge in [-0.25, -0.2) is 0 Å². The molecular weight excluding hydrogens is 294 g/mol. The highest BCUT2D eigenvalue weighted by atomic mass is 16.5. The average molecular weight is 319 g/mol. The van der Waals surface area contributed by atoms with Crippen LogP contribution >= 0.6 is 0 Å². The average Bonchev–Trinajstić information content (AvgIpc) is 3.13. The molecule has 0 radical (unpaired) electrons. The van der Waals surface area contributed by atoms with Gasteiger partial charge in [-0.1, -0.05) is 6.07 Å². The van der Waals surface area contributed by atoms with Crippen LogP contribution in [0.1, 0.15) is 36.0 Å². The van der Waals surface area contributed by atoms with Crippen molar-refractivity contribution in [3.05, 3.63) is 29.8 Å². The number of hydrogen-bond donors (Lipinski definition) is 0. The van der Waals surface area contributed by atoms with Crippen molar-refractivity contribution < 1.29 is 19.0 Å². The Morgan fingerprint density at radius 3 is 2.83 bits per heavy atom. The molecule has 0 spiro atoms. The van der Waals surface area contributed by atoms with Crippen molar-refractivity contribution in [1.29, 1.82) is 0 Å². The van der Waals surface area contributed by atoms with Gasteiger partial charge in [0.15, 0.2) is 0 Å². The summed E-state index contributed by atoms with van der Waals surface area (Å²) in [4.78, 5) is 14.5. The molecule has 0 saturated carbocycles. The van der Waals surface area contributed by atoms with Gasteiger partial charge in [0, 0.05) is 32.4 Å². The summed E-state index contributed by atoms with van der Waals surface area (Å²) in [6.07, 6.45) is 4.41. The monoisotopic (exact) mass is 319 g/mol. The van der Waals surface area contributed by atoms with Gasteiger partial charge < -0.3 is 19.1 Å². The number of ether oxygens (including phenoxy) is 3. The molecule has 2 aliphatic heterocycles. The van der Waals surface area contributed by atoms with Crippen LogP contribution in [-0.2, 0) is 9.47 Å². The second-order valence-electron chi connectivity index (χ2n) is 6.20. The predicted octanol–water partition coefficient (Wildman–Crippen LogP) is 2.50. The van der Waals surface area contributed by atoms with E-state index in [1.807, 2.05) is 29.2 Å². The van der Waals surface area contributed by atoms with Crippen molar-refractivity contribution >= 4 is 5.91 Å². The predicted molar refractivity (Wildman–Crippen MR) is 86.8 cm³/mol. The third kappa shape index (κ3) is 4.24. The van der Waals surface area contributed by atoms with Crippen molar-refractivity contribution in [2.75, 3.05) is 33.4 Å². The molecule has 126 valence electrons. The fourth-order valence-electron chi connectivity index (χ4n) is 3.16. The zero-order chi connectivity index (χ0) is 16.1. The van der Waals surface area contributed by atoms with Crippen LogP contribution < -0.4 is 4.74 Å². The maximum absolute atomic E-state index is 12.6. The Kier molecular flexibility index (Phi) is 5.51. The SMILES string of the molecule is COC1CCN(C(=O)c2cccc(OCC3CCCO3)c2)CC1. The number of carbonyl (C=O) groups excluding carboxylic acids is 1. The molecule has 0 N–H and O–H groups in total. The van der Waals surface area contributed by atoms with Gasteiger partial charge in [-0.3, -0.25) is 4.79 Å². The molecular formula is C18H25NO4. The molecule has 0 bridgehead atoms. The Bertz CT molecular complexity index is 520. The highest BCUT2D eigenvalue weighted by molar-refractivity contribution is 5.94. The first kappa shape index (κ1) is 16.3. The van der Waals surface area contributed by atoms with Gasteiger partial charge in [-0.15, -0.1) is 0 Å². The summed E-state index contributed by atoms with van der Waals surface area (Å²) in [6.45, 7) is 2.87. The van der Waals surface area contributed by atoms with Crippen LogP contribution in [0.3, 0.4) is 0 Å². The van der Waals surface area contributed by atoms with Gasteiger partial charge in [0.05, 0.1) is 12.2 Å². The Morgan fingerprint density at radius 2 is 2.13 bits per heavy atom. The third-order valence-corrected chi connectivity index (χ3v) is 4.60. The fraction of sp³-hybridized carbons (Fsp3) is 0.611. The summed E-state index contributed by atoms with van der Waals surface area (Å²) in [7, 11) is 1.73. The van der Waals surface area contributed by atoms with Crippen LogP contribution in [0.5, 0.6) is 5.75 Å². The molecule has 2 saturated heterocycles. The third-order valence-electron chi connectivity index (χ3n) is 4.60. The number of methoxy groups -OCH3 is 1. The zero-order valence-corrected chi connectivity index (χ0v) is 13.7. The molecule has 1 unspecified atom stereocenters. The van der Waals surface area contributed by atoms with E-state index in [-0.39, 0.29) is 18.1 Å². The summed E-state index contributed by atoms with van der Waals surface area (Å²) in [6, 6.07) is 7.45. The van der Waals surface area contributed by atoms with Gasteiger partial charge in [0.1, 0.15) is 12.4 Å². The smallest absolute Gasteiger partial charge is 0.253 e. The van der Waals surface area contributed by atoms with E-state index in [0.717, 1.165) is 51.1 Å². The van der Waals surface area contributed by atoms with Gasteiger partial charge >= 0.3 is 0 Å². The lowest BCUT2D eigenvalue weighted by molar-refractivity contribution is 0.0350. The first-order valence-corrected chi connectivity index (χ1v) is 8.43. The van der Waals surface area contributed by atoms with Crippen molar-refractivity contribution in [3.8, 4) is 5.75 Å². The van der Waals surface area contributed by atoms with Gasteiger partial charge in [-0.05, 0) is 43.9 Å². The largest absolute Gasteiger partial charge is 0.491 e. The van der Waals surface area contributed by atoms with Crippen LogP contribution in [0.15, 0.2) is 24.3 Å². The standard InChI is InChI=1S/C18H25NO4/c1-21-15-7-9-19(10-8-15)18(20)14-4-2-5-16(12-14)23-13-17-6-3-11-22-17/h2,4-5,12,15,17H,3,6-11,13H2,1H3. The van der Waals surface area contributed by atoms with Crippen LogP contribution in [0, 0.1) is 0 Å². The molecule has 3 rings (SSSR count). The van der Waals surface area contributed by atoms with E-state index in [2.05, 4.69) is 0 Å². The molecule has 2 heterocycles. The number of carbonyl (C=O) groups is 1. The first-order chi connectivity index (χ1) is 11.3. The lowest BCUT2D eigenvalue weighted by Gasteiger charge is -2.31. The minimum atomic E-state index is 0.0714. The molecule has 2 fully saturated rings. The van der Waals surface area contributed by atoms with Crippen LogP contribution in [0.4, 0.5) is 0 Å². The molecule has 5 heteroatoms. The molecule has 0 aromatic heterocycles. The van der Waals surface area contributed by atoms with Gasteiger partial charge in [-0.2, -0.15) is 0 Å². The molecule has 0 aliphatic carbocycles. The van der Waals surface area contributed by atoms with Crippen molar-refractivity contribution in [2.24, 2.45) is 0 Å². The van der Waals surface area contributed by atoms with E-state index >= 15 is 0 Å². The highest BCUT2D eigenvalue weighted by Gasteiger charge is 2.23. The molecule has 1 atom stereocenters. The lowest BCUT2D eigenvalue weighted by Crippen LogP contribution is -2.40. The van der Waals surface area contributed by atoms with Crippen molar-refractivity contribution in [3.63, 3.8) is 0 Å². The summed E-state index contributed by atoms with van der Waals surface area (Å²) in [5.41, 5.74) is 0.686. The van der Waals surface area contributed by atoms with E-state index in [1.54, 1.807) is 7.11 Å². The van der Waals surface area contributed by atoms with Gasteiger partial charge in [0.25, 0.3) is 5.91 Å². The maximum Gasteiger partial charge on any atom is 0.253 e. The maximum atomic E-state index is 12.6. The Hall–Kier alpha value is -1.59. The number of rotatable bonds is 5. The van der Waals surface area contributed by atoms with E-state index in [9.17, 15) is 4.79 Å². The molecule has 1 aromatic carbocycles. The Balaban J connectivity index is 1.56. The molecule has 2 aliphatic rings. The van der Waals surface area contributed by atoms with E-state index in [1.165, 1.54) is 0 Å². The second kappa shape index (κ2) is 7.79. The molecule has 1 amide bonds. The Morgan fingerprint density at radius 1 is 1.30 bits per heavy atom. The van der Waals surface area contributed by atoms with E-state index < -0.39 is 0 Å². The minimum Gasteiger partial charge on any atom is -0.491 e. The number of hydrogen-bond acceptors (Lipinski definition) is 4. The molecule has 23 heavy (non-hydrogen) atoms. The summed E-state index contributed by atoms with van der Waals surface area (Å²) in [5.74, 6) is 0.806. The van der Waals surface area contributed by atoms with Crippen LogP contribution in [0.2, 0.25) is 0 Å². The van der Waals surface area contributed by atoms with Crippen molar-refractivity contribution in [1.82, 2.24) is 4.90 Å². The normalized spacial score (nSPS) is 22.3. The van der Waals surface area contributed by atoms with Crippen LogP contribution in [0.25, 0.3) is 0 Å². The van der Waals surface area contributed by atoms with E-state index in [0.29, 0.717) is 12.2 Å². The summed E-state index contributed by atoms with van der Waals surface area (Å²) in [5, 5.41) is 0. The van der Waals surface area contributed by atoms with Crippen LogP contribution in [-0.4, -0.2) is 56.4 Å². The quantitative estimate of drug-likeness (QED) is 0.836. The zero-order valence-electron chi connectivity index (χ0n) is 13.7. The molecule has 1 aromatic rings. The lowest BCUT2D eigenvalue weighted by atomic mass is 10.1. The van der Waals surface area contributed by atoms with E-state index in [4.69, 9.17) is 14.2 Å². The topological polar surface area (TPSA) is 48.0 Å². The number of amides is 1. The summed E-state index contributed by atoms with van der Waals surface area (Å²) < 4.78 is 16.7. The highest BCUT2D eigenvalue weighted by Crippen LogP contribution is 2.20. The number of nitrogens with zero attached hydrogens (tertiary/aromatic N) is 1. The minimum absolute atomic E-state index is 0.0714. The second-order valence-corrected chi connectivity index (χ2v) is 6.20. The summed E-state index contributed by atoms with van der Waals surface area (Å²) >= 11 is 0. The number of benzene rings is 1. The Labute approximate surface area is 137 Å². The molecule has 5 nitrogen and oxygen atoms in total. The number of likely N-dealkylation sites (tertiary alicyclic amines) is 1. The number of piperidine rings is 1. The van der Waals surface area contributed by atoms with Gasteiger partial charge in [0.2, 0.25) is 0 Å². The van der Waals surface area contributed by atoms with Crippen molar-refractivity contribution in [2.45, 2.75) is 37.9 Å².